The number of H-pyrrole nitrogens is 1. The highest BCUT2D eigenvalue weighted by Gasteiger charge is 2.56. The van der Waals surface area contributed by atoms with Crippen LogP contribution in [0.1, 0.15) is 30.1 Å². The van der Waals surface area contributed by atoms with E-state index in [2.05, 4.69) is 29.2 Å². The fraction of sp³-hybridized carbons (Fsp3) is 0.550. The Bertz CT molecular complexity index is 873. The Morgan fingerprint density at radius 1 is 1.26 bits per heavy atom. The molecule has 27 heavy (non-hydrogen) atoms. The number of likely N-dealkylation sites (tertiary alicyclic amines) is 1. The summed E-state index contributed by atoms with van der Waals surface area (Å²) in [6.07, 6.45) is 1.22. The minimum Gasteiger partial charge on any atom is -0.356 e. The zero-order valence-corrected chi connectivity index (χ0v) is 17.2. The molecule has 0 saturated carbocycles. The van der Waals surface area contributed by atoms with E-state index < -0.39 is 6.29 Å². The predicted octanol–water partition coefficient (Wildman–Crippen LogP) is 3.71. The van der Waals surface area contributed by atoms with E-state index in [-0.39, 0.29) is 16.0 Å². The van der Waals surface area contributed by atoms with Crippen molar-refractivity contribution in [2.24, 2.45) is 5.92 Å². The fourth-order valence-electron chi connectivity index (χ4n) is 4.98. The van der Waals surface area contributed by atoms with E-state index in [1.54, 1.807) is 14.2 Å². The average molecular weight is 405 g/mol. The molecule has 0 unspecified atom stereocenters. The van der Waals surface area contributed by atoms with Gasteiger partial charge in [-0.2, -0.15) is 0 Å². The number of benzene rings is 1. The standard InChI is InChI=1S/C20H24N2O3S2/c1-24-17(25-2)11-22-15-9-12(10-16(22)23)20(26-7-8-27-20)19-18(15)13-5-3-4-6-14(13)21-19/h3-6,12,15,17,21H,7-11H2,1-2H3/t12-,15-/m1/s1. The van der Waals surface area contributed by atoms with Crippen molar-refractivity contribution < 1.29 is 14.3 Å². The Labute approximate surface area is 167 Å². The van der Waals surface area contributed by atoms with Crippen LogP contribution in [0, 0.1) is 5.92 Å². The van der Waals surface area contributed by atoms with Crippen LogP contribution < -0.4 is 0 Å². The second kappa shape index (κ2) is 6.72. The zero-order valence-electron chi connectivity index (χ0n) is 15.6. The largest absolute Gasteiger partial charge is 0.356 e. The van der Waals surface area contributed by atoms with Gasteiger partial charge in [0.2, 0.25) is 5.91 Å². The van der Waals surface area contributed by atoms with Crippen molar-refractivity contribution in [3.8, 4) is 0 Å². The average Bonchev–Trinajstić information content (AvgIpc) is 3.32. The Kier molecular flexibility index (Phi) is 4.46. The normalized spacial score (nSPS) is 26.3. The molecule has 2 aliphatic heterocycles. The molecule has 0 radical (unpaired) electrons. The number of amides is 1. The van der Waals surface area contributed by atoms with Crippen molar-refractivity contribution in [1.82, 2.24) is 9.88 Å². The van der Waals surface area contributed by atoms with Crippen LogP contribution >= 0.6 is 23.5 Å². The number of hydrogen-bond acceptors (Lipinski definition) is 5. The molecule has 1 aromatic carbocycles. The molecule has 2 fully saturated rings. The van der Waals surface area contributed by atoms with Crippen molar-refractivity contribution in [2.75, 3.05) is 32.3 Å². The lowest BCUT2D eigenvalue weighted by Gasteiger charge is -2.50. The summed E-state index contributed by atoms with van der Waals surface area (Å²) in [7, 11) is 3.26. The molecule has 5 rings (SSSR count). The van der Waals surface area contributed by atoms with Gasteiger partial charge in [-0.15, -0.1) is 23.5 Å². The molecule has 1 aliphatic carbocycles. The summed E-state index contributed by atoms with van der Waals surface area (Å²) in [6, 6.07) is 8.58. The first kappa shape index (κ1) is 17.9. The lowest BCUT2D eigenvalue weighted by molar-refractivity contribution is -0.156. The summed E-state index contributed by atoms with van der Waals surface area (Å²) in [4.78, 5) is 18.9. The van der Waals surface area contributed by atoms with Crippen LogP contribution in [0.2, 0.25) is 0 Å². The first-order valence-electron chi connectivity index (χ1n) is 9.42. The molecule has 7 heteroatoms. The van der Waals surface area contributed by atoms with Gasteiger partial charge in [-0.1, -0.05) is 18.2 Å². The molecular weight excluding hydrogens is 380 g/mol. The Hall–Kier alpha value is -1.15. The molecule has 2 bridgehead atoms. The SMILES string of the molecule is COC(CN1C(=O)C[C@H]2C[C@@H]1c1c([nH]c3ccccc13)C21SCCS1)OC. The van der Waals surface area contributed by atoms with Crippen LogP contribution in [0.25, 0.3) is 10.9 Å². The molecule has 2 aromatic rings. The second-order valence-electron chi connectivity index (χ2n) is 7.42. The first-order chi connectivity index (χ1) is 13.2. The van der Waals surface area contributed by atoms with E-state index in [9.17, 15) is 4.79 Å². The van der Waals surface area contributed by atoms with E-state index >= 15 is 0 Å². The fourth-order valence-corrected chi connectivity index (χ4v) is 8.52. The summed E-state index contributed by atoms with van der Waals surface area (Å²) in [5.74, 6) is 2.88. The number of thioether (sulfide) groups is 2. The van der Waals surface area contributed by atoms with Gasteiger partial charge in [0.15, 0.2) is 6.29 Å². The summed E-state index contributed by atoms with van der Waals surface area (Å²) >= 11 is 4.06. The van der Waals surface area contributed by atoms with E-state index in [0.29, 0.717) is 18.9 Å². The van der Waals surface area contributed by atoms with Gasteiger partial charge < -0.3 is 19.4 Å². The van der Waals surface area contributed by atoms with E-state index in [1.165, 1.54) is 22.2 Å². The van der Waals surface area contributed by atoms with Crippen molar-refractivity contribution in [1.29, 1.82) is 0 Å². The number of fused-ring (bicyclic) bond motifs is 8. The van der Waals surface area contributed by atoms with Crippen LogP contribution in [0.3, 0.4) is 0 Å². The number of aromatic nitrogens is 1. The highest BCUT2D eigenvalue weighted by molar-refractivity contribution is 8.20. The topological polar surface area (TPSA) is 54.6 Å². The van der Waals surface area contributed by atoms with Gasteiger partial charge in [0.1, 0.15) is 4.08 Å². The number of ether oxygens (including phenoxy) is 2. The summed E-state index contributed by atoms with van der Waals surface area (Å²) in [6.45, 7) is 0.468. The Balaban J connectivity index is 1.67. The van der Waals surface area contributed by atoms with Crippen LogP contribution in [0.5, 0.6) is 0 Å². The number of methoxy groups -OCH3 is 2. The maximum Gasteiger partial charge on any atom is 0.223 e. The third-order valence-electron chi connectivity index (χ3n) is 6.18. The second-order valence-corrected chi connectivity index (χ2v) is 10.4. The number of nitrogens with one attached hydrogen (secondary N) is 1. The van der Waals surface area contributed by atoms with Crippen LogP contribution in [-0.4, -0.2) is 54.4 Å². The zero-order chi connectivity index (χ0) is 18.6. The van der Waals surface area contributed by atoms with Crippen LogP contribution in [-0.2, 0) is 18.3 Å². The maximum absolute atomic E-state index is 13.2. The molecule has 144 valence electrons. The number of para-hydroxylation sites is 1. The van der Waals surface area contributed by atoms with E-state index in [4.69, 9.17) is 9.47 Å². The molecule has 1 aromatic heterocycles. The third kappa shape index (κ3) is 2.58. The number of piperidine rings is 1. The van der Waals surface area contributed by atoms with Gasteiger partial charge in [0.05, 0.1) is 12.6 Å². The van der Waals surface area contributed by atoms with Gasteiger partial charge in [0, 0.05) is 54.3 Å². The lowest BCUT2D eigenvalue weighted by Crippen LogP contribution is -2.51. The quantitative estimate of drug-likeness (QED) is 0.788. The van der Waals surface area contributed by atoms with Crippen molar-refractivity contribution in [2.45, 2.75) is 29.3 Å². The smallest absolute Gasteiger partial charge is 0.223 e. The van der Waals surface area contributed by atoms with Crippen molar-refractivity contribution in [3.63, 3.8) is 0 Å². The van der Waals surface area contributed by atoms with Crippen LogP contribution in [0.4, 0.5) is 0 Å². The molecule has 1 spiro atoms. The van der Waals surface area contributed by atoms with Crippen molar-refractivity contribution in [3.05, 3.63) is 35.5 Å². The number of carbonyl (C=O) groups excluding carboxylic acids is 1. The Morgan fingerprint density at radius 2 is 2.00 bits per heavy atom. The summed E-state index contributed by atoms with van der Waals surface area (Å²) in [5, 5.41) is 1.24. The molecule has 2 saturated heterocycles. The molecule has 5 nitrogen and oxygen atoms in total. The summed E-state index contributed by atoms with van der Waals surface area (Å²) in [5.41, 5.74) is 3.81. The molecule has 3 heterocycles. The minimum atomic E-state index is -0.398. The van der Waals surface area contributed by atoms with Gasteiger partial charge in [0.25, 0.3) is 0 Å². The molecule has 2 atom stereocenters. The lowest BCUT2D eigenvalue weighted by atomic mass is 9.76. The van der Waals surface area contributed by atoms with Gasteiger partial charge in [-0.3, -0.25) is 4.79 Å². The number of aromatic amines is 1. The number of rotatable bonds is 4. The monoisotopic (exact) mass is 404 g/mol. The maximum atomic E-state index is 13.2. The molecule has 1 N–H and O–H groups in total. The van der Waals surface area contributed by atoms with Gasteiger partial charge >= 0.3 is 0 Å². The van der Waals surface area contributed by atoms with Gasteiger partial charge in [-0.25, -0.2) is 0 Å². The van der Waals surface area contributed by atoms with Crippen molar-refractivity contribution >= 4 is 40.3 Å². The summed E-state index contributed by atoms with van der Waals surface area (Å²) < 4.78 is 10.8. The number of hydrogen-bond donors (Lipinski definition) is 1. The molecular formula is C20H24N2O3S2. The van der Waals surface area contributed by atoms with E-state index in [0.717, 1.165) is 17.9 Å². The minimum absolute atomic E-state index is 0.00544. The molecule has 1 amide bonds. The number of carbonyl (C=O) groups is 1. The van der Waals surface area contributed by atoms with Gasteiger partial charge in [-0.05, 0) is 18.4 Å². The van der Waals surface area contributed by atoms with Crippen LogP contribution in [0.15, 0.2) is 24.3 Å². The van der Waals surface area contributed by atoms with E-state index in [1.807, 2.05) is 28.4 Å². The predicted molar refractivity (Wildman–Crippen MR) is 110 cm³/mol. The highest BCUT2D eigenvalue weighted by Crippen LogP contribution is 2.65. The number of nitrogens with zero attached hydrogens (tertiary/aromatic N) is 1. The highest BCUT2D eigenvalue weighted by atomic mass is 32.2. The Morgan fingerprint density at radius 3 is 2.74 bits per heavy atom. The first-order valence-corrected chi connectivity index (χ1v) is 11.4. The third-order valence-corrected chi connectivity index (χ3v) is 9.89. The molecule has 3 aliphatic rings.